The molecule has 0 aliphatic heterocycles. The molecule has 0 radical (unpaired) electrons. The molecule has 0 unspecified atom stereocenters. The number of rotatable bonds is 5. The van der Waals surface area contributed by atoms with Crippen molar-refractivity contribution < 1.29 is 4.92 Å². The molecule has 0 bridgehead atoms. The maximum Gasteiger partial charge on any atom is 0.353 e. The fourth-order valence-electron chi connectivity index (χ4n) is 2.33. The second-order valence-corrected chi connectivity index (χ2v) is 6.63. The molecular weight excluding hydrogens is 413 g/mol. The van der Waals surface area contributed by atoms with Crippen LogP contribution in [-0.4, -0.2) is 14.9 Å². The van der Waals surface area contributed by atoms with Gasteiger partial charge in [-0.1, -0.05) is 46.9 Å². The molecule has 1 aromatic heterocycles. The van der Waals surface area contributed by atoms with Crippen molar-refractivity contribution in [1.82, 2.24) is 9.97 Å². The van der Waals surface area contributed by atoms with Crippen LogP contribution in [-0.2, 0) is 0 Å². The summed E-state index contributed by atoms with van der Waals surface area (Å²) in [6, 6.07) is 10.1. The number of aromatic nitrogens is 2. The number of nitrogens with one attached hydrogen (secondary N) is 2. The molecule has 0 amide bonds. The molecule has 0 aliphatic rings. The third-order valence-electron chi connectivity index (χ3n) is 3.73. The molecule has 1 heterocycles. The summed E-state index contributed by atoms with van der Waals surface area (Å²) >= 11 is 18.2. The van der Waals surface area contributed by atoms with Crippen LogP contribution in [0.15, 0.2) is 42.7 Å². The summed E-state index contributed by atoms with van der Waals surface area (Å²) < 4.78 is 0. The average molecular weight is 425 g/mol. The smallest absolute Gasteiger partial charge is 0.334 e. The second kappa shape index (κ2) is 7.96. The van der Waals surface area contributed by atoms with Crippen LogP contribution in [0.1, 0.15) is 5.56 Å². The van der Waals surface area contributed by atoms with Gasteiger partial charge in [-0.3, -0.25) is 10.1 Å². The Morgan fingerprint density at radius 3 is 2.11 bits per heavy atom. The minimum atomic E-state index is -0.580. The standard InChI is InChI=1S/C17H12Cl3N5O2/c1-9-10(18)4-2-6-12(9)23-16-15(25(26)27)17(22-8-21-16)24-13-7-3-5-11(19)14(13)20/h2-8H,1H3,(H2,21,22,23,24). The van der Waals surface area contributed by atoms with Gasteiger partial charge in [-0.2, -0.15) is 0 Å². The van der Waals surface area contributed by atoms with Crippen LogP contribution in [0.2, 0.25) is 15.1 Å². The number of benzene rings is 2. The normalized spacial score (nSPS) is 10.5. The van der Waals surface area contributed by atoms with E-state index in [9.17, 15) is 10.1 Å². The van der Waals surface area contributed by atoms with E-state index in [0.717, 1.165) is 5.56 Å². The molecule has 3 rings (SSSR count). The molecule has 0 fully saturated rings. The van der Waals surface area contributed by atoms with Crippen molar-refractivity contribution in [3.05, 3.63) is 73.5 Å². The highest BCUT2D eigenvalue weighted by molar-refractivity contribution is 6.43. The summed E-state index contributed by atoms with van der Waals surface area (Å²) in [6.07, 6.45) is 1.20. The van der Waals surface area contributed by atoms with Gasteiger partial charge in [0, 0.05) is 10.7 Å². The molecule has 138 valence electrons. The van der Waals surface area contributed by atoms with Gasteiger partial charge in [0.25, 0.3) is 0 Å². The lowest BCUT2D eigenvalue weighted by atomic mass is 10.2. The lowest BCUT2D eigenvalue weighted by molar-refractivity contribution is -0.383. The van der Waals surface area contributed by atoms with Crippen molar-refractivity contribution in [1.29, 1.82) is 0 Å². The van der Waals surface area contributed by atoms with Crippen LogP contribution in [0.4, 0.5) is 28.7 Å². The third kappa shape index (κ3) is 4.05. The van der Waals surface area contributed by atoms with Crippen molar-refractivity contribution in [2.45, 2.75) is 6.92 Å². The molecule has 7 nitrogen and oxygen atoms in total. The highest BCUT2D eigenvalue weighted by Gasteiger charge is 2.24. The van der Waals surface area contributed by atoms with Crippen molar-refractivity contribution >= 4 is 63.5 Å². The molecule has 0 saturated heterocycles. The molecular formula is C17H12Cl3N5O2. The fourth-order valence-corrected chi connectivity index (χ4v) is 2.86. The van der Waals surface area contributed by atoms with Gasteiger partial charge in [-0.25, -0.2) is 9.97 Å². The topological polar surface area (TPSA) is 93.0 Å². The van der Waals surface area contributed by atoms with Crippen LogP contribution in [0, 0.1) is 17.0 Å². The summed E-state index contributed by atoms with van der Waals surface area (Å²) in [6.45, 7) is 1.79. The Bertz CT molecular complexity index is 958. The van der Waals surface area contributed by atoms with Crippen molar-refractivity contribution in [3.63, 3.8) is 0 Å². The molecule has 2 N–H and O–H groups in total. The van der Waals surface area contributed by atoms with E-state index in [1.807, 2.05) is 0 Å². The van der Waals surface area contributed by atoms with Gasteiger partial charge in [0.1, 0.15) is 6.33 Å². The van der Waals surface area contributed by atoms with Gasteiger partial charge in [0.2, 0.25) is 11.6 Å². The largest absolute Gasteiger partial charge is 0.353 e. The van der Waals surface area contributed by atoms with Crippen LogP contribution in [0.3, 0.4) is 0 Å². The number of nitro groups is 1. The van der Waals surface area contributed by atoms with E-state index in [1.165, 1.54) is 6.33 Å². The number of hydrogen-bond acceptors (Lipinski definition) is 6. The first-order valence-electron chi connectivity index (χ1n) is 7.61. The molecule has 10 heteroatoms. The Kier molecular flexibility index (Phi) is 5.65. The Labute approximate surface area is 169 Å². The van der Waals surface area contributed by atoms with E-state index in [4.69, 9.17) is 34.8 Å². The number of anilines is 4. The van der Waals surface area contributed by atoms with Crippen LogP contribution < -0.4 is 10.6 Å². The van der Waals surface area contributed by atoms with Crippen molar-refractivity contribution in [2.75, 3.05) is 10.6 Å². The monoisotopic (exact) mass is 423 g/mol. The first kappa shape index (κ1) is 19.2. The number of hydrogen-bond donors (Lipinski definition) is 2. The van der Waals surface area contributed by atoms with Gasteiger partial charge >= 0.3 is 5.69 Å². The summed E-state index contributed by atoms with van der Waals surface area (Å²) in [5.41, 5.74) is 1.37. The van der Waals surface area contributed by atoms with E-state index in [0.29, 0.717) is 21.4 Å². The van der Waals surface area contributed by atoms with E-state index in [1.54, 1.807) is 43.3 Å². The molecule has 27 heavy (non-hydrogen) atoms. The second-order valence-electron chi connectivity index (χ2n) is 5.44. The Morgan fingerprint density at radius 2 is 1.48 bits per heavy atom. The molecule has 0 aliphatic carbocycles. The summed E-state index contributed by atoms with van der Waals surface area (Å²) in [7, 11) is 0. The highest BCUT2D eigenvalue weighted by Crippen LogP contribution is 2.37. The Morgan fingerprint density at radius 1 is 0.926 bits per heavy atom. The van der Waals surface area contributed by atoms with Crippen LogP contribution >= 0.6 is 34.8 Å². The molecule has 0 saturated carbocycles. The fraction of sp³-hybridized carbons (Fsp3) is 0.0588. The maximum atomic E-state index is 11.7. The molecule has 3 aromatic rings. The van der Waals surface area contributed by atoms with Gasteiger partial charge in [0.15, 0.2) is 0 Å². The zero-order chi connectivity index (χ0) is 19.6. The molecule has 0 atom stereocenters. The van der Waals surface area contributed by atoms with Crippen molar-refractivity contribution in [2.24, 2.45) is 0 Å². The SMILES string of the molecule is Cc1c(Cl)cccc1Nc1ncnc(Nc2cccc(Cl)c2Cl)c1[N+](=O)[O-]. The Hall–Kier alpha value is -2.61. The lowest BCUT2D eigenvalue weighted by Crippen LogP contribution is -2.06. The molecule has 0 spiro atoms. The van der Waals surface area contributed by atoms with E-state index in [2.05, 4.69) is 20.6 Å². The quantitative estimate of drug-likeness (QED) is 0.377. The van der Waals surface area contributed by atoms with Crippen LogP contribution in [0.5, 0.6) is 0 Å². The number of halogens is 3. The van der Waals surface area contributed by atoms with Crippen molar-refractivity contribution in [3.8, 4) is 0 Å². The van der Waals surface area contributed by atoms with Gasteiger partial charge < -0.3 is 10.6 Å². The minimum Gasteiger partial charge on any atom is -0.334 e. The van der Waals surface area contributed by atoms with E-state index < -0.39 is 4.92 Å². The highest BCUT2D eigenvalue weighted by atomic mass is 35.5. The average Bonchev–Trinajstić information content (AvgIpc) is 2.63. The molecule has 2 aromatic carbocycles. The summed E-state index contributed by atoms with van der Waals surface area (Å²) in [4.78, 5) is 19.1. The Balaban J connectivity index is 2.04. The first-order valence-corrected chi connectivity index (χ1v) is 8.74. The van der Waals surface area contributed by atoms with E-state index in [-0.39, 0.29) is 22.3 Å². The predicted octanol–water partition coefficient (Wildman–Crippen LogP) is 6.14. The minimum absolute atomic E-state index is 0.0148. The van der Waals surface area contributed by atoms with Gasteiger partial charge in [0.05, 0.1) is 20.7 Å². The lowest BCUT2D eigenvalue weighted by Gasteiger charge is -2.13. The van der Waals surface area contributed by atoms with Crippen LogP contribution in [0.25, 0.3) is 0 Å². The zero-order valence-electron chi connectivity index (χ0n) is 13.8. The zero-order valence-corrected chi connectivity index (χ0v) is 16.1. The maximum absolute atomic E-state index is 11.7. The summed E-state index contributed by atoms with van der Waals surface area (Å²) in [5.74, 6) is -0.0117. The van der Waals surface area contributed by atoms with E-state index >= 15 is 0 Å². The summed E-state index contributed by atoms with van der Waals surface area (Å²) in [5, 5.41) is 18.5. The first-order chi connectivity index (χ1) is 12.9. The number of nitrogens with zero attached hydrogens (tertiary/aromatic N) is 3. The predicted molar refractivity (Wildman–Crippen MR) is 108 cm³/mol. The van der Waals surface area contributed by atoms with Gasteiger partial charge in [-0.05, 0) is 36.8 Å². The third-order valence-corrected chi connectivity index (χ3v) is 4.96. The van der Waals surface area contributed by atoms with Gasteiger partial charge in [-0.15, -0.1) is 0 Å².